The highest BCUT2D eigenvalue weighted by molar-refractivity contribution is 8.07. The molecule has 0 aliphatic heterocycles. The van der Waals surface area contributed by atoms with E-state index in [4.69, 9.17) is 9.79 Å². The van der Waals surface area contributed by atoms with Crippen molar-refractivity contribution in [1.29, 1.82) is 5.26 Å². The average Bonchev–Trinajstić information content (AvgIpc) is 2.04. The normalized spacial score (nSPS) is 13.8. The highest BCUT2D eigenvalue weighted by Crippen LogP contribution is 2.43. The van der Waals surface area contributed by atoms with Crippen molar-refractivity contribution in [3.63, 3.8) is 0 Å². The van der Waals surface area contributed by atoms with E-state index in [-0.39, 0.29) is 0 Å². The van der Waals surface area contributed by atoms with Crippen molar-refractivity contribution in [2.24, 2.45) is 0 Å². The first kappa shape index (κ1) is 10.0. The van der Waals surface area contributed by atoms with Crippen LogP contribution in [0.2, 0.25) is 0 Å². The zero-order chi connectivity index (χ0) is 9.73. The summed E-state index contributed by atoms with van der Waals surface area (Å²) in [6.07, 6.45) is 1.30. The molecular weight excluding hydrogens is 209 g/mol. The van der Waals surface area contributed by atoms with E-state index >= 15 is 0 Å². The van der Waals surface area contributed by atoms with Crippen molar-refractivity contribution >= 4 is 18.5 Å². The van der Waals surface area contributed by atoms with Crippen LogP contribution in [0.4, 0.5) is 0 Å². The number of nitriles is 1. The van der Waals surface area contributed by atoms with Crippen LogP contribution in [0.25, 0.3) is 0 Å². The van der Waals surface area contributed by atoms with E-state index in [1.54, 1.807) is 30.3 Å². The fraction of sp³-hybridized carbons (Fsp3) is 0. The lowest BCUT2D eigenvalue weighted by atomic mass is 10.3. The molecule has 0 saturated carbocycles. The molecule has 0 radical (unpaired) electrons. The summed E-state index contributed by atoms with van der Waals surface area (Å²) >= 11 is 4.52. The summed E-state index contributed by atoms with van der Waals surface area (Å²) in [7, 11) is 0. The van der Waals surface area contributed by atoms with Crippen LogP contribution in [-0.4, -0.2) is 4.89 Å². The minimum Gasteiger partial charge on any atom is -0.415 e. The summed E-state index contributed by atoms with van der Waals surface area (Å²) in [5.41, 5.74) is 0. The fourth-order valence-electron chi connectivity index (χ4n) is 0.685. The number of hydrogen-bond acceptors (Lipinski definition) is 4. The second-order valence-corrected chi connectivity index (χ2v) is 4.74. The summed E-state index contributed by atoms with van der Waals surface area (Å²) < 4.78 is 9.08. The number of hydrogen-bond donors (Lipinski definition) is 1. The molecular formula is C7H6NO3PS. The third kappa shape index (κ3) is 3.43. The largest absolute Gasteiger partial charge is 0.442 e. The Morgan fingerprint density at radius 2 is 2.00 bits per heavy atom. The highest BCUT2D eigenvalue weighted by Gasteiger charge is 2.17. The molecule has 0 aliphatic carbocycles. The van der Waals surface area contributed by atoms with Gasteiger partial charge in [0.15, 0.2) is 0 Å². The molecule has 0 amide bonds. The Hall–Kier alpha value is -1.08. The zero-order valence-electron chi connectivity index (χ0n) is 6.45. The predicted molar refractivity (Wildman–Crippen MR) is 50.3 cm³/mol. The second kappa shape index (κ2) is 4.24. The lowest BCUT2D eigenvalue weighted by Gasteiger charge is -2.11. The Balaban J connectivity index is 2.71. The number of rotatable bonds is 3. The van der Waals surface area contributed by atoms with Gasteiger partial charge in [-0.05, 0) is 12.1 Å². The monoisotopic (exact) mass is 215 g/mol. The standard InChI is InChI=1S/C7H6NO3PS/c8-6-10-12(9,13)11-7-4-2-1-3-5-7/h1-5H,(H,9,13). The Kier molecular flexibility index (Phi) is 3.26. The molecule has 1 aromatic rings. The molecule has 1 rings (SSSR count). The van der Waals surface area contributed by atoms with Crippen molar-refractivity contribution in [2.45, 2.75) is 0 Å². The SMILES string of the molecule is N#COP(O)(=S)Oc1ccccc1. The molecule has 0 saturated heterocycles. The molecule has 13 heavy (non-hydrogen) atoms. The molecule has 1 atom stereocenters. The van der Waals surface area contributed by atoms with Crippen molar-refractivity contribution in [2.75, 3.05) is 0 Å². The summed E-state index contributed by atoms with van der Waals surface area (Å²) in [6, 6.07) is 8.45. The molecule has 0 aliphatic rings. The molecule has 4 nitrogen and oxygen atoms in total. The van der Waals surface area contributed by atoms with Crippen LogP contribution in [0, 0.1) is 11.5 Å². The smallest absolute Gasteiger partial charge is 0.415 e. The van der Waals surface area contributed by atoms with Gasteiger partial charge in [-0.15, -0.1) is 5.26 Å². The van der Waals surface area contributed by atoms with E-state index in [0.717, 1.165) is 0 Å². The number of benzene rings is 1. The first-order valence-corrected chi connectivity index (χ1v) is 5.88. The third-order valence-electron chi connectivity index (χ3n) is 1.12. The van der Waals surface area contributed by atoms with Crippen LogP contribution in [0.1, 0.15) is 0 Å². The molecule has 0 bridgehead atoms. The summed E-state index contributed by atoms with van der Waals surface area (Å²) in [6.45, 7) is -3.44. The van der Waals surface area contributed by atoms with E-state index < -0.39 is 6.72 Å². The van der Waals surface area contributed by atoms with Gasteiger partial charge in [-0.2, -0.15) is 0 Å². The topological polar surface area (TPSA) is 62.5 Å². The van der Waals surface area contributed by atoms with Crippen LogP contribution in [-0.2, 0) is 16.3 Å². The first-order valence-electron chi connectivity index (χ1n) is 3.29. The molecule has 1 N–H and O–H groups in total. The van der Waals surface area contributed by atoms with Crippen molar-refractivity contribution < 1.29 is 13.9 Å². The van der Waals surface area contributed by atoms with E-state index in [1.807, 2.05) is 0 Å². The van der Waals surface area contributed by atoms with Crippen molar-refractivity contribution in [3.05, 3.63) is 30.3 Å². The van der Waals surface area contributed by atoms with Crippen LogP contribution in [0.5, 0.6) is 5.75 Å². The van der Waals surface area contributed by atoms with Gasteiger partial charge in [-0.25, -0.2) is 0 Å². The van der Waals surface area contributed by atoms with Crippen LogP contribution in [0.15, 0.2) is 30.3 Å². The maximum atomic E-state index is 9.23. The van der Waals surface area contributed by atoms with E-state index in [9.17, 15) is 4.89 Å². The molecule has 6 heteroatoms. The summed E-state index contributed by atoms with van der Waals surface area (Å²) in [5, 5.41) is 8.13. The number of para-hydroxylation sites is 1. The molecule has 0 spiro atoms. The maximum absolute atomic E-state index is 9.23. The highest BCUT2D eigenvalue weighted by atomic mass is 32.5. The first-order chi connectivity index (χ1) is 6.14. The lowest BCUT2D eigenvalue weighted by Crippen LogP contribution is -1.92. The van der Waals surface area contributed by atoms with Crippen molar-refractivity contribution in [1.82, 2.24) is 0 Å². The minimum atomic E-state index is -3.44. The van der Waals surface area contributed by atoms with Gasteiger partial charge < -0.3 is 13.9 Å². The lowest BCUT2D eigenvalue weighted by molar-refractivity contribution is 0.356. The van der Waals surface area contributed by atoms with Gasteiger partial charge in [0.2, 0.25) is 0 Å². The van der Waals surface area contributed by atoms with E-state index in [0.29, 0.717) is 5.75 Å². The van der Waals surface area contributed by atoms with Crippen LogP contribution in [0.3, 0.4) is 0 Å². The minimum absolute atomic E-state index is 0.378. The van der Waals surface area contributed by atoms with Gasteiger partial charge in [0.25, 0.3) is 6.26 Å². The fourth-order valence-corrected chi connectivity index (χ4v) is 1.57. The van der Waals surface area contributed by atoms with Gasteiger partial charge in [-0.1, -0.05) is 18.2 Å². The molecule has 0 fully saturated rings. The van der Waals surface area contributed by atoms with Gasteiger partial charge in [-0.3, -0.25) is 0 Å². The van der Waals surface area contributed by atoms with Gasteiger partial charge in [0, 0.05) is 11.8 Å². The summed E-state index contributed by atoms with van der Waals surface area (Å²) in [5.74, 6) is 0.378. The zero-order valence-corrected chi connectivity index (χ0v) is 8.16. The Morgan fingerprint density at radius 3 is 2.54 bits per heavy atom. The Morgan fingerprint density at radius 1 is 1.38 bits per heavy atom. The Bertz CT molecular complexity index is 362. The maximum Gasteiger partial charge on any atom is 0.442 e. The Labute approximate surface area is 80.6 Å². The molecule has 0 heterocycles. The number of nitrogens with zero attached hydrogens (tertiary/aromatic N) is 1. The third-order valence-corrected chi connectivity index (χ3v) is 2.32. The summed E-state index contributed by atoms with van der Waals surface area (Å²) in [4.78, 5) is 9.23. The van der Waals surface area contributed by atoms with E-state index in [2.05, 4.69) is 16.3 Å². The molecule has 0 aromatic heterocycles. The molecule has 68 valence electrons. The average molecular weight is 215 g/mol. The van der Waals surface area contributed by atoms with Gasteiger partial charge in [0.1, 0.15) is 5.75 Å². The van der Waals surface area contributed by atoms with Crippen LogP contribution >= 0.6 is 6.72 Å². The predicted octanol–water partition coefficient (Wildman–Crippen LogP) is 1.78. The quantitative estimate of drug-likeness (QED) is 0.615. The van der Waals surface area contributed by atoms with Gasteiger partial charge >= 0.3 is 6.72 Å². The van der Waals surface area contributed by atoms with Crippen LogP contribution < -0.4 is 4.52 Å². The van der Waals surface area contributed by atoms with Gasteiger partial charge in [0.05, 0.1) is 0 Å². The van der Waals surface area contributed by atoms with Crippen molar-refractivity contribution in [3.8, 4) is 12.0 Å². The molecule has 1 aromatic carbocycles. The van der Waals surface area contributed by atoms with E-state index in [1.165, 1.54) is 6.26 Å². The molecule has 1 unspecified atom stereocenters. The second-order valence-electron chi connectivity index (χ2n) is 2.06.